The lowest BCUT2D eigenvalue weighted by Gasteiger charge is -2.17. The Morgan fingerprint density at radius 2 is 2.06 bits per heavy atom. The van der Waals surface area contributed by atoms with Crippen LogP contribution in [0, 0.1) is 6.92 Å². The SMILES string of the molecule is COc1ccc(C)cc1C(C)NCCS(C)(=O)=O. The second kappa shape index (κ2) is 6.20. The van der Waals surface area contributed by atoms with E-state index < -0.39 is 9.84 Å². The van der Waals surface area contributed by atoms with Gasteiger partial charge in [-0.25, -0.2) is 8.42 Å². The Balaban J connectivity index is 2.71. The van der Waals surface area contributed by atoms with Crippen LogP contribution in [0.2, 0.25) is 0 Å². The summed E-state index contributed by atoms with van der Waals surface area (Å²) in [5.74, 6) is 0.964. The summed E-state index contributed by atoms with van der Waals surface area (Å²) in [6.45, 7) is 4.46. The lowest BCUT2D eigenvalue weighted by atomic mass is 10.0. The zero-order valence-electron chi connectivity index (χ0n) is 11.4. The highest BCUT2D eigenvalue weighted by atomic mass is 32.2. The van der Waals surface area contributed by atoms with Crippen molar-refractivity contribution >= 4 is 9.84 Å². The van der Waals surface area contributed by atoms with Crippen LogP contribution in [0.5, 0.6) is 5.75 Å². The second-order valence-electron chi connectivity index (χ2n) is 4.55. The molecule has 1 aromatic rings. The maximum absolute atomic E-state index is 11.1. The summed E-state index contributed by atoms with van der Waals surface area (Å²) in [6.07, 6.45) is 1.24. The average Bonchev–Trinajstić information content (AvgIpc) is 2.27. The van der Waals surface area contributed by atoms with E-state index >= 15 is 0 Å². The highest BCUT2D eigenvalue weighted by Crippen LogP contribution is 2.25. The van der Waals surface area contributed by atoms with E-state index in [1.807, 2.05) is 26.0 Å². The van der Waals surface area contributed by atoms with E-state index in [9.17, 15) is 8.42 Å². The van der Waals surface area contributed by atoms with Crippen LogP contribution in [0.25, 0.3) is 0 Å². The molecule has 1 atom stereocenters. The van der Waals surface area contributed by atoms with E-state index in [1.54, 1.807) is 7.11 Å². The van der Waals surface area contributed by atoms with Crippen LogP contribution in [0.1, 0.15) is 24.1 Å². The molecule has 1 unspecified atom stereocenters. The first-order valence-electron chi connectivity index (χ1n) is 5.89. The van der Waals surface area contributed by atoms with Crippen molar-refractivity contribution in [3.63, 3.8) is 0 Å². The molecule has 0 saturated carbocycles. The fourth-order valence-electron chi connectivity index (χ4n) is 1.76. The van der Waals surface area contributed by atoms with Gasteiger partial charge in [0.25, 0.3) is 0 Å². The third-order valence-electron chi connectivity index (χ3n) is 2.78. The molecule has 1 N–H and O–H groups in total. The predicted octanol–water partition coefficient (Wildman–Crippen LogP) is 1.70. The molecule has 0 saturated heterocycles. The lowest BCUT2D eigenvalue weighted by molar-refractivity contribution is 0.402. The van der Waals surface area contributed by atoms with Gasteiger partial charge in [-0.2, -0.15) is 0 Å². The van der Waals surface area contributed by atoms with Crippen molar-refractivity contribution < 1.29 is 13.2 Å². The molecular weight excluding hydrogens is 250 g/mol. The summed E-state index contributed by atoms with van der Waals surface area (Å²) in [7, 11) is -1.28. The molecule has 1 rings (SSSR count). The van der Waals surface area contributed by atoms with Gasteiger partial charge in [-0.1, -0.05) is 17.7 Å². The topological polar surface area (TPSA) is 55.4 Å². The Kier molecular flexibility index (Phi) is 5.16. The van der Waals surface area contributed by atoms with Gasteiger partial charge in [0.05, 0.1) is 12.9 Å². The van der Waals surface area contributed by atoms with E-state index in [0.717, 1.165) is 16.9 Å². The average molecular weight is 271 g/mol. The van der Waals surface area contributed by atoms with Crippen molar-refractivity contribution in [3.05, 3.63) is 29.3 Å². The van der Waals surface area contributed by atoms with Gasteiger partial charge in [-0.3, -0.25) is 0 Å². The van der Waals surface area contributed by atoms with Crippen LogP contribution < -0.4 is 10.1 Å². The van der Waals surface area contributed by atoms with E-state index in [4.69, 9.17) is 4.74 Å². The Morgan fingerprint density at radius 1 is 1.39 bits per heavy atom. The summed E-state index contributed by atoms with van der Waals surface area (Å²) in [4.78, 5) is 0. The van der Waals surface area contributed by atoms with Crippen molar-refractivity contribution in [1.29, 1.82) is 0 Å². The molecule has 0 aliphatic carbocycles. The minimum Gasteiger partial charge on any atom is -0.496 e. The number of hydrogen-bond donors (Lipinski definition) is 1. The molecule has 0 aromatic heterocycles. The van der Waals surface area contributed by atoms with Gasteiger partial charge < -0.3 is 10.1 Å². The van der Waals surface area contributed by atoms with Gasteiger partial charge in [0.2, 0.25) is 0 Å². The molecule has 0 aliphatic rings. The molecule has 102 valence electrons. The fourth-order valence-corrected chi connectivity index (χ4v) is 2.25. The van der Waals surface area contributed by atoms with E-state index in [1.165, 1.54) is 6.26 Å². The van der Waals surface area contributed by atoms with E-state index in [2.05, 4.69) is 11.4 Å². The summed E-state index contributed by atoms with van der Waals surface area (Å²) >= 11 is 0. The van der Waals surface area contributed by atoms with Gasteiger partial charge in [-0.15, -0.1) is 0 Å². The van der Waals surface area contributed by atoms with Crippen LogP contribution in [0.4, 0.5) is 0 Å². The highest BCUT2D eigenvalue weighted by molar-refractivity contribution is 7.90. The smallest absolute Gasteiger partial charge is 0.148 e. The van der Waals surface area contributed by atoms with Gasteiger partial charge >= 0.3 is 0 Å². The van der Waals surface area contributed by atoms with Gasteiger partial charge in [-0.05, 0) is 19.9 Å². The maximum atomic E-state index is 11.1. The van der Waals surface area contributed by atoms with Crippen LogP contribution in [0.3, 0.4) is 0 Å². The normalized spacial score (nSPS) is 13.3. The number of hydrogen-bond acceptors (Lipinski definition) is 4. The molecule has 0 heterocycles. The molecule has 0 aliphatic heterocycles. The van der Waals surface area contributed by atoms with E-state index in [0.29, 0.717) is 6.54 Å². The van der Waals surface area contributed by atoms with Crippen LogP contribution in [-0.2, 0) is 9.84 Å². The first-order chi connectivity index (χ1) is 8.33. The third-order valence-corrected chi connectivity index (χ3v) is 3.72. The molecule has 0 spiro atoms. The molecule has 0 fully saturated rings. The number of methoxy groups -OCH3 is 1. The molecule has 5 heteroatoms. The number of nitrogens with one attached hydrogen (secondary N) is 1. The first kappa shape index (κ1) is 15.0. The van der Waals surface area contributed by atoms with Crippen LogP contribution >= 0.6 is 0 Å². The van der Waals surface area contributed by atoms with Crippen molar-refractivity contribution in [2.45, 2.75) is 19.9 Å². The maximum Gasteiger partial charge on any atom is 0.148 e. The largest absolute Gasteiger partial charge is 0.496 e. The second-order valence-corrected chi connectivity index (χ2v) is 6.81. The number of ether oxygens (including phenoxy) is 1. The van der Waals surface area contributed by atoms with Gasteiger partial charge in [0.1, 0.15) is 15.6 Å². The Hall–Kier alpha value is -1.07. The monoisotopic (exact) mass is 271 g/mol. The Morgan fingerprint density at radius 3 is 2.61 bits per heavy atom. The number of benzene rings is 1. The van der Waals surface area contributed by atoms with Crippen molar-refractivity contribution in [2.75, 3.05) is 25.7 Å². The standard InChI is InChI=1S/C13H21NO3S/c1-10-5-6-13(17-3)12(9-10)11(2)14-7-8-18(4,15)16/h5-6,9,11,14H,7-8H2,1-4H3. The predicted molar refractivity (Wildman–Crippen MR) is 73.9 cm³/mol. The number of sulfone groups is 1. The van der Waals surface area contributed by atoms with Crippen LogP contribution in [-0.4, -0.2) is 34.1 Å². The molecule has 1 aromatic carbocycles. The molecular formula is C13H21NO3S. The third kappa shape index (κ3) is 4.66. The minimum atomic E-state index is -2.92. The zero-order valence-corrected chi connectivity index (χ0v) is 12.2. The highest BCUT2D eigenvalue weighted by Gasteiger charge is 2.12. The lowest BCUT2D eigenvalue weighted by Crippen LogP contribution is -2.25. The zero-order chi connectivity index (χ0) is 13.8. The molecule has 0 amide bonds. The van der Waals surface area contributed by atoms with Gasteiger partial charge in [0.15, 0.2) is 0 Å². The molecule has 0 bridgehead atoms. The summed E-state index contributed by atoms with van der Waals surface area (Å²) < 4.78 is 27.4. The quantitative estimate of drug-likeness (QED) is 0.855. The van der Waals surface area contributed by atoms with Crippen molar-refractivity contribution in [1.82, 2.24) is 5.32 Å². The number of rotatable bonds is 6. The molecule has 4 nitrogen and oxygen atoms in total. The van der Waals surface area contributed by atoms with Crippen molar-refractivity contribution in [2.24, 2.45) is 0 Å². The van der Waals surface area contributed by atoms with E-state index in [-0.39, 0.29) is 11.8 Å². The molecule has 0 radical (unpaired) electrons. The first-order valence-corrected chi connectivity index (χ1v) is 7.95. The van der Waals surface area contributed by atoms with Crippen LogP contribution in [0.15, 0.2) is 18.2 Å². The van der Waals surface area contributed by atoms with Crippen molar-refractivity contribution in [3.8, 4) is 5.75 Å². The van der Waals surface area contributed by atoms with Gasteiger partial charge in [0, 0.05) is 24.4 Å². The fraction of sp³-hybridized carbons (Fsp3) is 0.538. The summed E-state index contributed by atoms with van der Waals surface area (Å²) in [5.41, 5.74) is 2.20. The Bertz CT molecular complexity index is 497. The Labute approximate surface area is 109 Å². The summed E-state index contributed by atoms with van der Waals surface area (Å²) in [5, 5.41) is 3.20. The summed E-state index contributed by atoms with van der Waals surface area (Å²) in [6, 6.07) is 6.03. The number of aryl methyl sites for hydroxylation is 1. The molecule has 18 heavy (non-hydrogen) atoms. The minimum absolute atomic E-state index is 0.0570.